The highest BCUT2D eigenvalue weighted by molar-refractivity contribution is 7.15. The van der Waals surface area contributed by atoms with Crippen LogP contribution in [0, 0.1) is 11.8 Å². The maximum Gasteiger partial charge on any atom is 0.272 e. The fourth-order valence-electron chi connectivity index (χ4n) is 3.73. The molecule has 36 heavy (non-hydrogen) atoms. The summed E-state index contributed by atoms with van der Waals surface area (Å²) >= 11 is 1.40. The van der Waals surface area contributed by atoms with Crippen molar-refractivity contribution in [3.05, 3.63) is 65.4 Å². The molecule has 4 aromatic rings. The summed E-state index contributed by atoms with van der Waals surface area (Å²) in [6.07, 6.45) is 3.35. The summed E-state index contributed by atoms with van der Waals surface area (Å²) in [7, 11) is 1.62. The molecule has 182 valence electrons. The Labute approximate surface area is 211 Å². The summed E-state index contributed by atoms with van der Waals surface area (Å²) in [6.45, 7) is 3.16. The van der Waals surface area contributed by atoms with E-state index in [-0.39, 0.29) is 18.2 Å². The number of nitrogens with zero attached hydrogens (tertiary/aromatic N) is 4. The summed E-state index contributed by atoms with van der Waals surface area (Å²) in [4.78, 5) is 37.1. The first-order chi connectivity index (χ1) is 17.2. The molecule has 1 aliphatic rings. The first-order valence-electron chi connectivity index (χ1n) is 11.2. The first kappa shape index (κ1) is 23.5. The van der Waals surface area contributed by atoms with Gasteiger partial charge in [-0.25, -0.2) is 4.98 Å². The van der Waals surface area contributed by atoms with E-state index in [0.29, 0.717) is 22.0 Å². The highest BCUT2D eigenvalue weighted by atomic mass is 32.1. The molecular formula is C26H23N5O4S. The summed E-state index contributed by atoms with van der Waals surface area (Å²) < 4.78 is 7.66. The number of amides is 2. The molecule has 0 saturated carbocycles. The summed E-state index contributed by atoms with van der Waals surface area (Å²) in [5.41, 5.74) is 1.81. The molecule has 0 radical (unpaired) electrons. The minimum absolute atomic E-state index is 0.0297. The lowest BCUT2D eigenvalue weighted by Gasteiger charge is -2.20. The molecule has 1 atom stereocenters. The largest absolute Gasteiger partial charge is 0.489 e. The van der Waals surface area contributed by atoms with Crippen molar-refractivity contribution < 1.29 is 19.4 Å². The second-order valence-electron chi connectivity index (χ2n) is 8.84. The minimum atomic E-state index is -1.14. The Morgan fingerprint density at radius 2 is 2.14 bits per heavy atom. The fraction of sp³-hybridized carbons (Fsp3) is 0.231. The van der Waals surface area contributed by atoms with E-state index in [2.05, 4.69) is 27.1 Å². The first-order valence-corrected chi connectivity index (χ1v) is 12.1. The number of carbonyl (C=O) groups is 2. The van der Waals surface area contributed by atoms with Crippen molar-refractivity contribution >= 4 is 33.8 Å². The molecule has 4 heterocycles. The van der Waals surface area contributed by atoms with Crippen molar-refractivity contribution in [3.8, 4) is 29.0 Å². The van der Waals surface area contributed by atoms with Crippen LogP contribution in [0.5, 0.6) is 5.75 Å². The van der Waals surface area contributed by atoms with Gasteiger partial charge in [-0.1, -0.05) is 17.9 Å². The van der Waals surface area contributed by atoms with Gasteiger partial charge in [0.2, 0.25) is 0 Å². The maximum atomic E-state index is 13.2. The Morgan fingerprint density at radius 3 is 2.89 bits per heavy atom. The highest BCUT2D eigenvalue weighted by Gasteiger charge is 2.31. The van der Waals surface area contributed by atoms with Gasteiger partial charge >= 0.3 is 0 Å². The van der Waals surface area contributed by atoms with Gasteiger partial charge in [0.15, 0.2) is 4.96 Å². The standard InChI is InChI=1S/C26H23N5O4S/c1-26(2,34)10-9-16-7-8-22-20(12-16)30(3)24(33)19(14-35-22)28-23(32)18-13-31-21(15-36-25(31)29-18)17-6-4-5-11-27-17/h4-8,11-13,15,19,34H,14H2,1-3H3,(H,28,32)/t19-/m0/s1. The van der Waals surface area contributed by atoms with Crippen molar-refractivity contribution in [3.63, 3.8) is 0 Å². The number of nitrogens with one attached hydrogen (secondary N) is 1. The monoisotopic (exact) mass is 501 g/mol. The van der Waals surface area contributed by atoms with Crippen LogP contribution in [0.25, 0.3) is 16.3 Å². The van der Waals surface area contributed by atoms with Gasteiger partial charge in [0.1, 0.15) is 29.7 Å². The van der Waals surface area contributed by atoms with Crippen LogP contribution in [0.15, 0.2) is 54.2 Å². The molecule has 0 aliphatic carbocycles. The van der Waals surface area contributed by atoms with E-state index < -0.39 is 17.6 Å². The molecule has 5 rings (SSSR count). The average Bonchev–Trinajstić information content (AvgIpc) is 3.43. The SMILES string of the molecule is CN1C(=O)[C@@H](NC(=O)c2cn3c(-c4ccccn4)csc3n2)COc2ccc(C#CC(C)(C)O)cc21. The highest BCUT2D eigenvalue weighted by Crippen LogP contribution is 2.31. The number of thiazole rings is 1. The van der Waals surface area contributed by atoms with E-state index in [9.17, 15) is 14.7 Å². The van der Waals surface area contributed by atoms with Crippen molar-refractivity contribution in [1.29, 1.82) is 0 Å². The Kier molecular flexibility index (Phi) is 5.96. The van der Waals surface area contributed by atoms with Crippen LogP contribution in [-0.2, 0) is 4.79 Å². The van der Waals surface area contributed by atoms with Gasteiger partial charge in [-0.15, -0.1) is 11.3 Å². The van der Waals surface area contributed by atoms with Crippen LogP contribution in [0.3, 0.4) is 0 Å². The number of anilines is 1. The molecule has 0 fully saturated rings. The molecule has 1 aliphatic heterocycles. The zero-order valence-electron chi connectivity index (χ0n) is 19.8. The maximum absolute atomic E-state index is 13.2. The number of hydrogen-bond acceptors (Lipinski definition) is 7. The number of hydrogen-bond donors (Lipinski definition) is 2. The molecule has 2 N–H and O–H groups in total. The Morgan fingerprint density at radius 1 is 1.31 bits per heavy atom. The van der Waals surface area contributed by atoms with E-state index in [1.807, 2.05) is 28.0 Å². The van der Waals surface area contributed by atoms with Gasteiger partial charge in [0.05, 0.1) is 17.1 Å². The van der Waals surface area contributed by atoms with Gasteiger partial charge in [-0.05, 0) is 44.2 Å². The molecular weight excluding hydrogens is 478 g/mol. The number of aromatic nitrogens is 3. The van der Waals surface area contributed by atoms with Crippen LogP contribution in [-0.4, -0.2) is 56.6 Å². The number of rotatable bonds is 3. The van der Waals surface area contributed by atoms with Crippen LogP contribution in [0.2, 0.25) is 0 Å². The number of imidazole rings is 1. The normalized spacial score (nSPS) is 15.5. The second-order valence-corrected chi connectivity index (χ2v) is 9.68. The van der Waals surface area contributed by atoms with Gasteiger partial charge in [-0.3, -0.25) is 19.0 Å². The number of ether oxygens (including phenoxy) is 1. The molecule has 0 saturated heterocycles. The quantitative estimate of drug-likeness (QED) is 0.418. The second kappa shape index (κ2) is 9.11. The van der Waals surface area contributed by atoms with E-state index in [4.69, 9.17) is 4.74 Å². The van der Waals surface area contributed by atoms with Gasteiger partial charge in [0.25, 0.3) is 11.8 Å². The zero-order chi connectivity index (χ0) is 25.4. The third kappa shape index (κ3) is 4.66. The molecule has 0 unspecified atom stereocenters. The molecule has 10 heteroatoms. The van der Waals surface area contributed by atoms with Gasteiger partial charge in [0, 0.05) is 30.4 Å². The molecule has 3 aromatic heterocycles. The number of pyridine rings is 1. The molecule has 0 bridgehead atoms. The average molecular weight is 502 g/mol. The summed E-state index contributed by atoms with van der Waals surface area (Å²) in [5.74, 6) is 5.35. The van der Waals surface area contributed by atoms with Crippen LogP contribution in [0.1, 0.15) is 29.9 Å². The minimum Gasteiger partial charge on any atom is -0.489 e. The summed E-state index contributed by atoms with van der Waals surface area (Å²) in [6, 6.07) is 9.91. The Bertz CT molecular complexity index is 1520. The Hall–Kier alpha value is -4.20. The number of carbonyl (C=O) groups excluding carboxylic acids is 2. The zero-order valence-corrected chi connectivity index (χ0v) is 20.7. The number of benzene rings is 1. The molecule has 0 spiro atoms. The van der Waals surface area contributed by atoms with Gasteiger partial charge in [-0.2, -0.15) is 0 Å². The van der Waals surface area contributed by atoms with E-state index in [0.717, 1.165) is 11.4 Å². The fourth-order valence-corrected chi connectivity index (χ4v) is 4.60. The number of aliphatic hydroxyl groups is 1. The lowest BCUT2D eigenvalue weighted by atomic mass is 10.1. The predicted molar refractivity (Wildman–Crippen MR) is 136 cm³/mol. The molecule has 1 aromatic carbocycles. The van der Waals surface area contributed by atoms with Crippen molar-refractivity contribution in [1.82, 2.24) is 19.7 Å². The van der Waals surface area contributed by atoms with Crippen molar-refractivity contribution in [2.24, 2.45) is 0 Å². The van der Waals surface area contributed by atoms with Crippen molar-refractivity contribution in [2.75, 3.05) is 18.6 Å². The summed E-state index contributed by atoms with van der Waals surface area (Å²) in [5, 5.41) is 14.6. The van der Waals surface area contributed by atoms with E-state index in [1.165, 1.54) is 16.2 Å². The van der Waals surface area contributed by atoms with Crippen LogP contribution in [0.4, 0.5) is 5.69 Å². The topological polar surface area (TPSA) is 109 Å². The number of fused-ring (bicyclic) bond motifs is 2. The van der Waals surface area contributed by atoms with Crippen LogP contribution >= 0.6 is 11.3 Å². The van der Waals surface area contributed by atoms with Crippen LogP contribution < -0.4 is 15.0 Å². The van der Waals surface area contributed by atoms with Gasteiger partial charge < -0.3 is 20.1 Å². The third-order valence-corrected chi connectivity index (χ3v) is 6.38. The number of likely N-dealkylation sites (N-methyl/N-ethyl adjacent to an activating group) is 1. The lowest BCUT2D eigenvalue weighted by molar-refractivity contribution is -0.120. The van der Waals surface area contributed by atoms with E-state index in [1.54, 1.807) is 51.5 Å². The molecule has 2 amide bonds. The van der Waals surface area contributed by atoms with Crippen molar-refractivity contribution in [2.45, 2.75) is 25.5 Å². The third-order valence-electron chi connectivity index (χ3n) is 5.54. The molecule has 9 nitrogen and oxygen atoms in total. The predicted octanol–water partition coefficient (Wildman–Crippen LogP) is 2.73. The van der Waals surface area contributed by atoms with E-state index >= 15 is 0 Å². The lowest BCUT2D eigenvalue weighted by Crippen LogP contribution is -2.49. The Balaban J connectivity index is 1.35. The smallest absolute Gasteiger partial charge is 0.272 e.